The number of benzene rings is 2. The Hall–Kier alpha value is -3.02. The topological polar surface area (TPSA) is 67.9 Å². The van der Waals surface area contributed by atoms with Crippen LogP contribution in [0.2, 0.25) is 0 Å². The van der Waals surface area contributed by atoms with E-state index in [4.69, 9.17) is 9.47 Å². The van der Waals surface area contributed by atoms with Crippen molar-refractivity contribution in [3.63, 3.8) is 0 Å². The minimum Gasteiger partial charge on any atom is -0.493 e. The number of rotatable bonds is 7. The van der Waals surface area contributed by atoms with Gasteiger partial charge < -0.3 is 19.7 Å². The number of carbonyl (C=O) groups is 2. The Balaban J connectivity index is 1.50. The molecule has 1 saturated heterocycles. The zero-order valence-corrected chi connectivity index (χ0v) is 17.9. The number of hydrogen-bond donors (Lipinski definition) is 1. The van der Waals surface area contributed by atoms with E-state index in [2.05, 4.69) is 5.32 Å². The summed E-state index contributed by atoms with van der Waals surface area (Å²) < 4.78 is 10.9. The number of nitrogens with zero attached hydrogens (tertiary/aromatic N) is 1. The number of methoxy groups -OCH3 is 1. The Kier molecular flexibility index (Phi) is 7.33. The van der Waals surface area contributed by atoms with Gasteiger partial charge in [0.25, 0.3) is 5.91 Å². The van der Waals surface area contributed by atoms with Gasteiger partial charge in [0.15, 0.2) is 11.5 Å². The average molecular weight is 411 g/mol. The molecule has 0 radical (unpaired) electrons. The van der Waals surface area contributed by atoms with Crippen LogP contribution in [0.3, 0.4) is 0 Å². The van der Waals surface area contributed by atoms with Gasteiger partial charge in [-0.2, -0.15) is 0 Å². The van der Waals surface area contributed by atoms with Crippen molar-refractivity contribution in [2.24, 2.45) is 5.92 Å². The number of amides is 2. The summed E-state index contributed by atoms with van der Waals surface area (Å²) in [6.45, 7) is 6.10. The van der Waals surface area contributed by atoms with E-state index in [9.17, 15) is 9.59 Å². The standard InChI is InChI=1S/C24H30N2O4/c1-4-30-22-15-18(7-10-21(22)29-3)16-25-23(27)19-11-13-26(14-12-19)24(28)20-8-5-17(2)6-9-20/h5-10,15,19H,4,11-14,16H2,1-3H3,(H,25,27). The van der Waals surface area contributed by atoms with Gasteiger partial charge in [-0.3, -0.25) is 9.59 Å². The molecule has 1 aliphatic rings. The number of aryl methyl sites for hydroxylation is 1. The predicted molar refractivity (Wildman–Crippen MR) is 116 cm³/mol. The minimum atomic E-state index is -0.0725. The Labute approximate surface area is 178 Å². The molecule has 0 bridgehead atoms. The van der Waals surface area contributed by atoms with Crippen LogP contribution < -0.4 is 14.8 Å². The SMILES string of the molecule is CCOc1cc(CNC(=O)C2CCN(C(=O)c3ccc(C)cc3)CC2)ccc1OC. The fraction of sp³-hybridized carbons (Fsp3) is 0.417. The van der Waals surface area contributed by atoms with E-state index in [-0.39, 0.29) is 17.7 Å². The zero-order chi connectivity index (χ0) is 21.5. The van der Waals surface area contributed by atoms with Crippen LogP contribution >= 0.6 is 0 Å². The van der Waals surface area contributed by atoms with Crippen LogP contribution in [0.15, 0.2) is 42.5 Å². The maximum atomic E-state index is 12.6. The summed E-state index contributed by atoms with van der Waals surface area (Å²) in [5.74, 6) is 1.35. The lowest BCUT2D eigenvalue weighted by atomic mass is 9.95. The van der Waals surface area contributed by atoms with E-state index < -0.39 is 0 Å². The second-order valence-corrected chi connectivity index (χ2v) is 7.57. The van der Waals surface area contributed by atoms with E-state index in [1.54, 1.807) is 7.11 Å². The first-order chi connectivity index (χ1) is 14.5. The Morgan fingerprint density at radius 3 is 2.40 bits per heavy atom. The van der Waals surface area contributed by atoms with Gasteiger partial charge >= 0.3 is 0 Å². The molecule has 1 N–H and O–H groups in total. The first kappa shape index (κ1) is 21.7. The van der Waals surface area contributed by atoms with Crippen LogP contribution in [-0.2, 0) is 11.3 Å². The molecule has 6 nitrogen and oxygen atoms in total. The number of likely N-dealkylation sites (tertiary alicyclic amines) is 1. The van der Waals surface area contributed by atoms with E-state index in [0.29, 0.717) is 56.1 Å². The predicted octanol–water partition coefficient (Wildman–Crippen LogP) is 3.57. The highest BCUT2D eigenvalue weighted by atomic mass is 16.5. The number of ether oxygens (including phenoxy) is 2. The number of carbonyl (C=O) groups excluding carboxylic acids is 2. The summed E-state index contributed by atoms with van der Waals surface area (Å²) in [5.41, 5.74) is 2.79. The highest BCUT2D eigenvalue weighted by Crippen LogP contribution is 2.28. The molecule has 0 aliphatic carbocycles. The summed E-state index contributed by atoms with van der Waals surface area (Å²) in [7, 11) is 1.61. The lowest BCUT2D eigenvalue weighted by Crippen LogP contribution is -2.42. The zero-order valence-electron chi connectivity index (χ0n) is 17.9. The van der Waals surface area contributed by atoms with Crippen molar-refractivity contribution < 1.29 is 19.1 Å². The van der Waals surface area contributed by atoms with Crippen LogP contribution in [-0.4, -0.2) is 43.5 Å². The number of hydrogen-bond acceptors (Lipinski definition) is 4. The third kappa shape index (κ3) is 5.32. The molecule has 1 fully saturated rings. The van der Waals surface area contributed by atoms with Crippen LogP contribution in [0, 0.1) is 12.8 Å². The second kappa shape index (κ2) is 10.1. The molecule has 0 atom stereocenters. The molecule has 1 aliphatic heterocycles. The van der Waals surface area contributed by atoms with E-state index in [0.717, 1.165) is 11.1 Å². The molecular formula is C24H30N2O4. The first-order valence-electron chi connectivity index (χ1n) is 10.4. The smallest absolute Gasteiger partial charge is 0.253 e. The molecule has 0 unspecified atom stereocenters. The molecule has 2 aromatic rings. The van der Waals surface area contributed by atoms with Gasteiger partial charge in [-0.15, -0.1) is 0 Å². The van der Waals surface area contributed by atoms with Crippen molar-refractivity contribution in [3.05, 3.63) is 59.2 Å². The van der Waals surface area contributed by atoms with Gasteiger partial charge in [0.05, 0.1) is 13.7 Å². The minimum absolute atomic E-state index is 0.0335. The first-order valence-corrected chi connectivity index (χ1v) is 10.4. The van der Waals surface area contributed by atoms with Crippen molar-refractivity contribution in [1.29, 1.82) is 0 Å². The Bertz CT molecular complexity index is 871. The maximum absolute atomic E-state index is 12.6. The molecule has 2 amide bonds. The molecular weight excluding hydrogens is 380 g/mol. The van der Waals surface area contributed by atoms with Gasteiger partial charge in [0.1, 0.15) is 0 Å². The Morgan fingerprint density at radius 1 is 1.07 bits per heavy atom. The fourth-order valence-electron chi connectivity index (χ4n) is 3.66. The molecule has 3 rings (SSSR count). The molecule has 30 heavy (non-hydrogen) atoms. The van der Waals surface area contributed by atoms with Crippen LogP contribution in [0.1, 0.15) is 41.3 Å². The summed E-state index contributed by atoms with van der Waals surface area (Å²) in [6, 6.07) is 13.3. The summed E-state index contributed by atoms with van der Waals surface area (Å²) >= 11 is 0. The largest absolute Gasteiger partial charge is 0.493 e. The normalized spacial score (nSPS) is 14.3. The Morgan fingerprint density at radius 2 is 1.77 bits per heavy atom. The van der Waals surface area contributed by atoms with E-state index >= 15 is 0 Å². The van der Waals surface area contributed by atoms with Gasteiger partial charge in [-0.05, 0) is 56.5 Å². The maximum Gasteiger partial charge on any atom is 0.253 e. The van der Waals surface area contributed by atoms with Crippen LogP contribution in [0.25, 0.3) is 0 Å². The summed E-state index contributed by atoms with van der Waals surface area (Å²) in [4.78, 5) is 27.1. The van der Waals surface area contributed by atoms with Crippen molar-refractivity contribution in [3.8, 4) is 11.5 Å². The second-order valence-electron chi connectivity index (χ2n) is 7.57. The van der Waals surface area contributed by atoms with E-state index in [1.165, 1.54) is 0 Å². The monoisotopic (exact) mass is 410 g/mol. The molecule has 2 aromatic carbocycles. The average Bonchev–Trinajstić information content (AvgIpc) is 2.78. The lowest BCUT2D eigenvalue weighted by Gasteiger charge is -2.31. The lowest BCUT2D eigenvalue weighted by molar-refractivity contribution is -0.126. The highest BCUT2D eigenvalue weighted by molar-refractivity contribution is 5.94. The molecule has 0 saturated carbocycles. The number of nitrogens with one attached hydrogen (secondary N) is 1. The van der Waals surface area contributed by atoms with Gasteiger partial charge in [-0.25, -0.2) is 0 Å². The summed E-state index contributed by atoms with van der Waals surface area (Å²) in [5, 5.41) is 3.02. The van der Waals surface area contributed by atoms with Gasteiger partial charge in [-0.1, -0.05) is 23.8 Å². The van der Waals surface area contributed by atoms with Crippen LogP contribution in [0.4, 0.5) is 0 Å². The van der Waals surface area contributed by atoms with Crippen LogP contribution in [0.5, 0.6) is 11.5 Å². The molecule has 0 spiro atoms. The molecule has 6 heteroatoms. The van der Waals surface area contributed by atoms with Crippen molar-refractivity contribution >= 4 is 11.8 Å². The van der Waals surface area contributed by atoms with Gasteiger partial charge in [0, 0.05) is 31.1 Å². The number of piperidine rings is 1. The third-order valence-corrected chi connectivity index (χ3v) is 5.45. The fourth-order valence-corrected chi connectivity index (χ4v) is 3.66. The third-order valence-electron chi connectivity index (χ3n) is 5.45. The van der Waals surface area contributed by atoms with Crippen molar-refractivity contribution in [2.75, 3.05) is 26.8 Å². The van der Waals surface area contributed by atoms with E-state index in [1.807, 2.05) is 61.2 Å². The summed E-state index contributed by atoms with van der Waals surface area (Å²) in [6.07, 6.45) is 1.35. The molecule has 160 valence electrons. The van der Waals surface area contributed by atoms with Crippen molar-refractivity contribution in [1.82, 2.24) is 10.2 Å². The quantitative estimate of drug-likeness (QED) is 0.758. The molecule has 1 heterocycles. The van der Waals surface area contributed by atoms with Gasteiger partial charge in [0.2, 0.25) is 5.91 Å². The van der Waals surface area contributed by atoms with Crippen molar-refractivity contribution in [2.45, 2.75) is 33.2 Å². The highest BCUT2D eigenvalue weighted by Gasteiger charge is 2.27. The molecule has 0 aromatic heterocycles.